The number of hydrogen-bond acceptors (Lipinski definition) is 3. The number of rotatable bonds is 7. The second-order valence-corrected chi connectivity index (χ2v) is 6.84. The van der Waals surface area contributed by atoms with E-state index in [1.54, 1.807) is 25.3 Å². The second-order valence-electron chi connectivity index (χ2n) is 6.41. The summed E-state index contributed by atoms with van der Waals surface area (Å²) >= 11 is 6.10. The number of carbonyl (C=O) groups is 1. The Morgan fingerprint density at radius 3 is 2.46 bits per heavy atom. The molecule has 0 aromatic heterocycles. The number of halogens is 1. The lowest BCUT2D eigenvalue weighted by Gasteiger charge is -2.13. The van der Waals surface area contributed by atoms with Gasteiger partial charge < -0.3 is 14.8 Å². The van der Waals surface area contributed by atoms with E-state index in [1.807, 2.05) is 55.5 Å². The highest BCUT2D eigenvalue weighted by Gasteiger charge is 2.11. The number of hydrogen-bond donors (Lipinski definition) is 1. The minimum atomic E-state index is -0.103. The maximum absolute atomic E-state index is 12.5. The molecule has 0 bridgehead atoms. The zero-order chi connectivity index (χ0) is 19.9. The van der Waals surface area contributed by atoms with Crippen molar-refractivity contribution in [1.82, 2.24) is 0 Å². The molecule has 5 heteroatoms. The van der Waals surface area contributed by atoms with Crippen molar-refractivity contribution < 1.29 is 14.3 Å². The van der Waals surface area contributed by atoms with Crippen LogP contribution >= 0.6 is 11.6 Å². The molecule has 0 heterocycles. The van der Waals surface area contributed by atoms with Gasteiger partial charge in [0.05, 0.1) is 12.8 Å². The van der Waals surface area contributed by atoms with Gasteiger partial charge in [-0.1, -0.05) is 41.9 Å². The van der Waals surface area contributed by atoms with Crippen LogP contribution in [-0.4, -0.2) is 13.0 Å². The van der Waals surface area contributed by atoms with Gasteiger partial charge in [-0.05, 0) is 60.9 Å². The summed E-state index contributed by atoms with van der Waals surface area (Å²) in [5, 5.41) is 3.44. The summed E-state index contributed by atoms with van der Waals surface area (Å²) in [6.45, 7) is 1.99. The number of nitrogens with one attached hydrogen (secondary N) is 1. The topological polar surface area (TPSA) is 47.6 Å². The van der Waals surface area contributed by atoms with E-state index in [4.69, 9.17) is 21.1 Å². The standard InChI is InChI=1S/C23H22ClNO3/c1-16-14-17(8-11-21(16)27-2)9-13-23(26)25-20-15-18(24)10-12-22(20)28-19-6-4-3-5-7-19/h3-8,10-12,14-15H,9,13H2,1-2H3,(H,25,26). The van der Waals surface area contributed by atoms with Crippen molar-refractivity contribution >= 4 is 23.2 Å². The Kier molecular flexibility index (Phi) is 6.56. The van der Waals surface area contributed by atoms with Crippen molar-refractivity contribution in [2.45, 2.75) is 19.8 Å². The normalized spacial score (nSPS) is 10.4. The monoisotopic (exact) mass is 395 g/mol. The van der Waals surface area contributed by atoms with Crippen molar-refractivity contribution in [1.29, 1.82) is 0 Å². The van der Waals surface area contributed by atoms with Crippen molar-refractivity contribution in [2.24, 2.45) is 0 Å². The predicted octanol–water partition coefficient (Wildman–Crippen LogP) is 6.02. The molecule has 0 saturated carbocycles. The number of ether oxygens (including phenoxy) is 2. The fraction of sp³-hybridized carbons (Fsp3) is 0.174. The molecule has 1 amide bonds. The van der Waals surface area contributed by atoms with Gasteiger partial charge in [-0.15, -0.1) is 0 Å². The van der Waals surface area contributed by atoms with E-state index < -0.39 is 0 Å². The summed E-state index contributed by atoms with van der Waals surface area (Å²) < 4.78 is 11.2. The van der Waals surface area contributed by atoms with Crippen LogP contribution < -0.4 is 14.8 Å². The van der Waals surface area contributed by atoms with Crippen LogP contribution in [0.3, 0.4) is 0 Å². The number of aryl methyl sites for hydroxylation is 2. The quantitative estimate of drug-likeness (QED) is 0.532. The highest BCUT2D eigenvalue weighted by atomic mass is 35.5. The van der Waals surface area contributed by atoms with E-state index in [1.165, 1.54) is 0 Å². The molecule has 3 rings (SSSR count). The number of benzene rings is 3. The summed E-state index contributed by atoms with van der Waals surface area (Å²) in [6.07, 6.45) is 0.981. The van der Waals surface area contributed by atoms with Crippen LogP contribution in [0.5, 0.6) is 17.2 Å². The fourth-order valence-corrected chi connectivity index (χ4v) is 3.04. The smallest absolute Gasteiger partial charge is 0.224 e. The highest BCUT2D eigenvalue weighted by molar-refractivity contribution is 6.31. The Hall–Kier alpha value is -2.98. The molecule has 0 unspecified atom stereocenters. The van der Waals surface area contributed by atoms with Crippen LogP contribution in [0, 0.1) is 6.92 Å². The lowest BCUT2D eigenvalue weighted by Crippen LogP contribution is -2.13. The SMILES string of the molecule is COc1ccc(CCC(=O)Nc2cc(Cl)ccc2Oc2ccccc2)cc1C. The third-order valence-electron chi connectivity index (χ3n) is 4.29. The molecule has 0 saturated heterocycles. The van der Waals surface area contributed by atoms with E-state index >= 15 is 0 Å². The Balaban J connectivity index is 1.66. The number of amides is 1. The molecule has 0 fully saturated rings. The number of para-hydroxylation sites is 1. The van der Waals surface area contributed by atoms with E-state index in [2.05, 4.69) is 5.32 Å². The number of methoxy groups -OCH3 is 1. The largest absolute Gasteiger partial charge is 0.496 e. The predicted molar refractivity (Wildman–Crippen MR) is 113 cm³/mol. The molecule has 0 radical (unpaired) electrons. The van der Waals surface area contributed by atoms with Gasteiger partial charge >= 0.3 is 0 Å². The Labute approximate surface area is 170 Å². The van der Waals surface area contributed by atoms with E-state index in [0.717, 1.165) is 16.9 Å². The summed E-state index contributed by atoms with van der Waals surface area (Å²) in [4.78, 5) is 12.5. The molecule has 4 nitrogen and oxygen atoms in total. The molecule has 0 aliphatic rings. The second kappa shape index (κ2) is 9.29. The van der Waals surface area contributed by atoms with E-state index in [-0.39, 0.29) is 5.91 Å². The van der Waals surface area contributed by atoms with Gasteiger partial charge in [0.2, 0.25) is 5.91 Å². The van der Waals surface area contributed by atoms with Gasteiger partial charge in [0, 0.05) is 11.4 Å². The Morgan fingerprint density at radius 2 is 1.75 bits per heavy atom. The Morgan fingerprint density at radius 1 is 1.00 bits per heavy atom. The third kappa shape index (κ3) is 5.27. The average molecular weight is 396 g/mol. The maximum atomic E-state index is 12.5. The van der Waals surface area contributed by atoms with Crippen LogP contribution in [0.15, 0.2) is 66.7 Å². The van der Waals surface area contributed by atoms with Crippen LogP contribution in [0.25, 0.3) is 0 Å². The molecule has 0 atom stereocenters. The minimum Gasteiger partial charge on any atom is -0.496 e. The first-order chi connectivity index (χ1) is 13.5. The van der Waals surface area contributed by atoms with Crippen molar-refractivity contribution in [2.75, 3.05) is 12.4 Å². The zero-order valence-corrected chi connectivity index (χ0v) is 16.6. The van der Waals surface area contributed by atoms with Crippen LogP contribution in [-0.2, 0) is 11.2 Å². The molecule has 144 valence electrons. The molecule has 1 N–H and O–H groups in total. The van der Waals surface area contributed by atoms with Gasteiger partial charge in [0.25, 0.3) is 0 Å². The Bertz CT molecular complexity index is 957. The fourth-order valence-electron chi connectivity index (χ4n) is 2.87. The number of anilines is 1. The summed E-state index contributed by atoms with van der Waals surface area (Å²) in [6, 6.07) is 20.5. The van der Waals surface area contributed by atoms with Gasteiger partial charge in [-0.25, -0.2) is 0 Å². The lowest BCUT2D eigenvalue weighted by atomic mass is 10.1. The summed E-state index contributed by atoms with van der Waals surface area (Å²) in [5.74, 6) is 1.97. The maximum Gasteiger partial charge on any atom is 0.224 e. The zero-order valence-electron chi connectivity index (χ0n) is 15.9. The van der Waals surface area contributed by atoms with Crippen molar-refractivity contribution in [3.63, 3.8) is 0 Å². The first-order valence-corrected chi connectivity index (χ1v) is 9.39. The van der Waals surface area contributed by atoms with E-state index in [9.17, 15) is 4.79 Å². The minimum absolute atomic E-state index is 0.103. The van der Waals surface area contributed by atoms with E-state index in [0.29, 0.717) is 35.1 Å². The van der Waals surface area contributed by atoms with Crippen LogP contribution in [0.1, 0.15) is 17.5 Å². The molecule has 3 aromatic carbocycles. The molecule has 28 heavy (non-hydrogen) atoms. The van der Waals surface area contributed by atoms with Crippen LogP contribution in [0.4, 0.5) is 5.69 Å². The van der Waals surface area contributed by atoms with Crippen molar-refractivity contribution in [3.8, 4) is 17.2 Å². The van der Waals surface area contributed by atoms with Gasteiger partial charge in [-0.3, -0.25) is 4.79 Å². The molecule has 0 aliphatic heterocycles. The third-order valence-corrected chi connectivity index (χ3v) is 4.52. The highest BCUT2D eigenvalue weighted by Crippen LogP contribution is 2.32. The van der Waals surface area contributed by atoms with Crippen molar-refractivity contribution in [3.05, 3.63) is 82.9 Å². The first kappa shape index (κ1) is 19.8. The molecule has 0 aliphatic carbocycles. The molecular formula is C23H22ClNO3. The van der Waals surface area contributed by atoms with Crippen LogP contribution in [0.2, 0.25) is 5.02 Å². The molecular weight excluding hydrogens is 374 g/mol. The lowest BCUT2D eigenvalue weighted by molar-refractivity contribution is -0.116. The van der Waals surface area contributed by atoms with Gasteiger partial charge in [-0.2, -0.15) is 0 Å². The van der Waals surface area contributed by atoms with Gasteiger partial charge in [0.1, 0.15) is 11.5 Å². The molecule has 3 aromatic rings. The molecule has 0 spiro atoms. The first-order valence-electron chi connectivity index (χ1n) is 9.01. The average Bonchev–Trinajstić information content (AvgIpc) is 2.69. The number of carbonyl (C=O) groups excluding carboxylic acids is 1. The summed E-state index contributed by atoms with van der Waals surface area (Å²) in [5.41, 5.74) is 2.68. The van der Waals surface area contributed by atoms with Gasteiger partial charge in [0.15, 0.2) is 5.75 Å². The summed E-state index contributed by atoms with van der Waals surface area (Å²) in [7, 11) is 1.65.